The van der Waals surface area contributed by atoms with E-state index in [0.717, 1.165) is 34.8 Å². The van der Waals surface area contributed by atoms with Crippen LogP contribution in [0.2, 0.25) is 0 Å². The van der Waals surface area contributed by atoms with Gasteiger partial charge in [0, 0.05) is 30.9 Å². The molecule has 0 radical (unpaired) electrons. The number of benzene rings is 2. The van der Waals surface area contributed by atoms with Gasteiger partial charge in [0.15, 0.2) is 0 Å². The number of likely N-dealkylation sites (N-methyl/N-ethyl adjacent to an activating group) is 1. The predicted molar refractivity (Wildman–Crippen MR) is 110 cm³/mol. The highest BCUT2D eigenvalue weighted by atomic mass is 19.4. The molecule has 1 amide bonds. The molecule has 4 nitrogen and oxygen atoms in total. The van der Waals surface area contributed by atoms with E-state index < -0.39 is 11.7 Å². The van der Waals surface area contributed by atoms with Crippen molar-refractivity contribution < 1.29 is 18.0 Å². The third-order valence-corrected chi connectivity index (χ3v) is 4.85. The molecule has 156 valence electrons. The quantitative estimate of drug-likeness (QED) is 0.541. The number of aryl methyl sites for hydroxylation is 1. The predicted octanol–water partition coefficient (Wildman–Crippen LogP) is 5.18. The van der Waals surface area contributed by atoms with Crippen LogP contribution in [0.4, 0.5) is 13.2 Å². The van der Waals surface area contributed by atoms with Crippen LogP contribution in [-0.2, 0) is 17.5 Å². The number of hydrogen-bond donors (Lipinski definition) is 0. The zero-order valence-corrected chi connectivity index (χ0v) is 16.9. The van der Waals surface area contributed by atoms with Crippen LogP contribution in [-0.4, -0.2) is 27.6 Å². The number of halogens is 3. The van der Waals surface area contributed by atoms with E-state index in [1.54, 1.807) is 7.05 Å². The number of amides is 1. The van der Waals surface area contributed by atoms with Crippen LogP contribution in [0.1, 0.15) is 28.1 Å². The summed E-state index contributed by atoms with van der Waals surface area (Å²) in [6, 6.07) is 14.6. The molecule has 0 N–H and O–H groups in total. The Balaban J connectivity index is 1.74. The third kappa shape index (κ3) is 4.79. The molecule has 0 saturated heterocycles. The van der Waals surface area contributed by atoms with Gasteiger partial charge in [0.05, 0.1) is 16.9 Å². The Hall–Kier alpha value is -3.35. The number of nitrogens with zero attached hydrogens (tertiary/aromatic N) is 3. The number of carbonyl (C=O) groups is 1. The number of alkyl halides is 3. The molecule has 7 heteroatoms. The molecule has 30 heavy (non-hydrogen) atoms. The van der Waals surface area contributed by atoms with Gasteiger partial charge in [-0.2, -0.15) is 18.3 Å². The van der Waals surface area contributed by atoms with Gasteiger partial charge in [0.2, 0.25) is 5.91 Å². The van der Waals surface area contributed by atoms with Crippen molar-refractivity contribution in [1.29, 1.82) is 0 Å². The third-order valence-electron chi connectivity index (χ3n) is 4.85. The van der Waals surface area contributed by atoms with Gasteiger partial charge in [-0.1, -0.05) is 30.3 Å². The highest BCUT2D eigenvalue weighted by Gasteiger charge is 2.30. The monoisotopic (exact) mass is 413 g/mol. The molecule has 3 aromatic rings. The smallest absolute Gasteiger partial charge is 0.338 e. The molecule has 2 aromatic carbocycles. The van der Waals surface area contributed by atoms with E-state index in [1.165, 1.54) is 29.2 Å². The van der Waals surface area contributed by atoms with Gasteiger partial charge in [-0.15, -0.1) is 0 Å². The first-order chi connectivity index (χ1) is 14.2. The van der Waals surface area contributed by atoms with Crippen molar-refractivity contribution >= 4 is 12.0 Å². The van der Waals surface area contributed by atoms with E-state index in [4.69, 9.17) is 0 Å². The molecule has 0 saturated carbocycles. The van der Waals surface area contributed by atoms with Crippen LogP contribution < -0.4 is 0 Å². The summed E-state index contributed by atoms with van der Waals surface area (Å²) in [5.74, 6) is -0.307. The van der Waals surface area contributed by atoms with Gasteiger partial charge in [-0.05, 0) is 49.8 Å². The fourth-order valence-corrected chi connectivity index (χ4v) is 3.15. The van der Waals surface area contributed by atoms with E-state index in [-0.39, 0.29) is 5.91 Å². The molecule has 0 unspecified atom stereocenters. The highest BCUT2D eigenvalue weighted by Crippen LogP contribution is 2.29. The van der Waals surface area contributed by atoms with Crippen molar-refractivity contribution in [2.75, 3.05) is 7.05 Å². The van der Waals surface area contributed by atoms with Crippen molar-refractivity contribution in [3.8, 4) is 5.69 Å². The van der Waals surface area contributed by atoms with E-state index in [9.17, 15) is 18.0 Å². The standard InChI is InChI=1S/C23H22F3N3O/c1-16-21(17(2)29(27-16)20-10-5-4-6-11-20)15-28(3)22(30)13-12-18-8-7-9-19(14-18)23(24,25)26/h4-14H,15H2,1-3H3. The number of para-hydroxylation sites is 1. The van der Waals surface area contributed by atoms with E-state index in [1.807, 2.05) is 48.9 Å². The lowest BCUT2D eigenvalue weighted by Gasteiger charge is -2.15. The summed E-state index contributed by atoms with van der Waals surface area (Å²) in [4.78, 5) is 14.0. The topological polar surface area (TPSA) is 38.1 Å². The number of carbonyl (C=O) groups excluding carboxylic acids is 1. The van der Waals surface area contributed by atoms with Crippen LogP contribution in [0.15, 0.2) is 60.7 Å². The lowest BCUT2D eigenvalue weighted by molar-refractivity contribution is -0.137. The lowest BCUT2D eigenvalue weighted by atomic mass is 10.1. The minimum absolute atomic E-state index is 0.307. The van der Waals surface area contributed by atoms with Crippen molar-refractivity contribution in [2.45, 2.75) is 26.6 Å². The minimum Gasteiger partial charge on any atom is -0.338 e. The summed E-state index contributed by atoms with van der Waals surface area (Å²) in [6.45, 7) is 4.17. The van der Waals surface area contributed by atoms with Crippen LogP contribution in [0, 0.1) is 13.8 Å². The first kappa shape index (κ1) is 21.4. The van der Waals surface area contributed by atoms with Crippen LogP contribution in [0.3, 0.4) is 0 Å². The molecule has 1 aromatic heterocycles. The van der Waals surface area contributed by atoms with Gasteiger partial charge in [-0.3, -0.25) is 4.79 Å². The molecule has 0 bridgehead atoms. The first-order valence-electron chi connectivity index (χ1n) is 9.38. The second kappa shape index (κ2) is 8.57. The molecular formula is C23H22F3N3O. The summed E-state index contributed by atoms with van der Waals surface area (Å²) >= 11 is 0. The summed E-state index contributed by atoms with van der Waals surface area (Å²) in [7, 11) is 1.65. The second-order valence-electron chi connectivity index (χ2n) is 7.05. The van der Waals surface area contributed by atoms with Gasteiger partial charge in [0.1, 0.15) is 0 Å². The summed E-state index contributed by atoms with van der Waals surface area (Å²) in [6.07, 6.45) is -1.75. The maximum Gasteiger partial charge on any atom is 0.416 e. The molecular weight excluding hydrogens is 391 g/mol. The maximum atomic E-state index is 12.8. The van der Waals surface area contributed by atoms with Gasteiger partial charge in [0.25, 0.3) is 0 Å². The fraction of sp³-hybridized carbons (Fsp3) is 0.217. The Bertz CT molecular complexity index is 1070. The molecule has 0 aliphatic heterocycles. The maximum absolute atomic E-state index is 12.8. The van der Waals surface area contributed by atoms with E-state index in [0.29, 0.717) is 12.1 Å². The number of hydrogen-bond acceptors (Lipinski definition) is 2. The molecule has 0 atom stereocenters. The highest BCUT2D eigenvalue weighted by molar-refractivity contribution is 5.91. The van der Waals surface area contributed by atoms with E-state index in [2.05, 4.69) is 5.10 Å². The zero-order chi connectivity index (χ0) is 21.9. The summed E-state index contributed by atoms with van der Waals surface area (Å²) in [5, 5.41) is 4.57. The Morgan fingerprint density at radius 2 is 1.80 bits per heavy atom. The van der Waals surface area contributed by atoms with Crippen LogP contribution in [0.25, 0.3) is 11.8 Å². The minimum atomic E-state index is -4.42. The van der Waals surface area contributed by atoms with Crippen LogP contribution in [0.5, 0.6) is 0 Å². The second-order valence-corrected chi connectivity index (χ2v) is 7.05. The Morgan fingerprint density at radius 3 is 2.47 bits per heavy atom. The molecule has 0 spiro atoms. The fourth-order valence-electron chi connectivity index (χ4n) is 3.15. The van der Waals surface area contributed by atoms with Crippen molar-refractivity contribution in [2.24, 2.45) is 0 Å². The number of aromatic nitrogens is 2. The molecule has 0 fully saturated rings. The Kier molecular flexibility index (Phi) is 6.10. The lowest BCUT2D eigenvalue weighted by Crippen LogP contribution is -2.24. The van der Waals surface area contributed by atoms with Crippen molar-refractivity contribution in [1.82, 2.24) is 14.7 Å². The largest absolute Gasteiger partial charge is 0.416 e. The van der Waals surface area contributed by atoms with Crippen molar-refractivity contribution in [3.63, 3.8) is 0 Å². The SMILES string of the molecule is Cc1nn(-c2ccccc2)c(C)c1CN(C)C(=O)C=Cc1cccc(C(F)(F)F)c1. The Morgan fingerprint density at radius 1 is 1.10 bits per heavy atom. The van der Waals surface area contributed by atoms with Gasteiger partial charge < -0.3 is 4.90 Å². The average molecular weight is 413 g/mol. The molecule has 3 rings (SSSR count). The molecule has 0 aliphatic rings. The van der Waals surface area contributed by atoms with Crippen molar-refractivity contribution in [3.05, 3.63) is 88.8 Å². The molecule has 0 aliphatic carbocycles. The zero-order valence-electron chi connectivity index (χ0n) is 16.9. The first-order valence-corrected chi connectivity index (χ1v) is 9.38. The summed E-state index contributed by atoms with van der Waals surface area (Å²) < 4.78 is 40.3. The van der Waals surface area contributed by atoms with E-state index >= 15 is 0 Å². The average Bonchev–Trinajstić information content (AvgIpc) is 3.00. The number of rotatable bonds is 5. The van der Waals surface area contributed by atoms with Gasteiger partial charge in [-0.25, -0.2) is 4.68 Å². The molecule has 1 heterocycles. The Labute approximate surface area is 173 Å². The summed E-state index contributed by atoms with van der Waals surface area (Å²) in [5.41, 5.74) is 3.18. The van der Waals surface area contributed by atoms with Crippen LogP contribution >= 0.6 is 0 Å². The normalized spacial score (nSPS) is 11.8. The van der Waals surface area contributed by atoms with Gasteiger partial charge >= 0.3 is 6.18 Å².